The van der Waals surface area contributed by atoms with Gasteiger partial charge in [-0.2, -0.15) is 0 Å². The number of hydrogen-bond acceptors (Lipinski definition) is 4. The molecule has 14 aromatic carbocycles. The Kier molecular flexibility index (Phi) is 15.7. The highest BCUT2D eigenvalue weighted by molar-refractivity contribution is 7.99. The zero-order chi connectivity index (χ0) is 68.9. The van der Waals surface area contributed by atoms with Crippen molar-refractivity contribution in [2.75, 3.05) is 9.80 Å². The average Bonchev–Trinajstić information content (AvgIpc) is 1.53. The standard InChI is InChI=1S/C98H80N2S2/c1-95(2,3)71-35-39-73(40-36-71)97(75-43-55-83(56-44-75)101-85-53-33-67-25-27-69(67)61-85)91-23-15-13-21-87(91)89-59-51-81(63-93(89)97)99(77-17-9-7-10-18-77)79-47-29-65(30-48-79)66-31-49-80(50-32-66)100(78-19-11-8-12-20-78)82-52-60-90-88-22-14-16-24-92(88)98(94(90)64-82,74-41-37-72(38-42-74)96(4,5)6)76-45-57-84(58-46-76)102-86-54-34-68-26-28-70(68)62-86/h7-24,29-64H,25-28H2,1-6H3. The minimum atomic E-state index is -0.600. The van der Waals surface area contributed by atoms with Crippen LogP contribution in [0.1, 0.15) is 119 Å². The molecule has 0 spiro atoms. The highest BCUT2D eigenvalue weighted by atomic mass is 32.2. The Balaban J connectivity index is 0.706. The molecule has 0 radical (unpaired) electrons. The van der Waals surface area contributed by atoms with E-state index in [-0.39, 0.29) is 10.8 Å². The molecule has 14 aromatic rings. The van der Waals surface area contributed by atoms with E-state index in [4.69, 9.17) is 0 Å². The van der Waals surface area contributed by atoms with Crippen LogP contribution in [0, 0.1) is 0 Å². The molecule has 0 aliphatic heterocycles. The van der Waals surface area contributed by atoms with E-state index in [1.807, 2.05) is 23.5 Å². The molecule has 4 heteroatoms. The van der Waals surface area contributed by atoms with Crippen molar-refractivity contribution in [2.45, 2.75) is 108 Å². The summed E-state index contributed by atoms with van der Waals surface area (Å²) in [7, 11) is 0. The number of rotatable bonds is 15. The van der Waals surface area contributed by atoms with Gasteiger partial charge in [0.15, 0.2) is 0 Å². The predicted octanol–water partition coefficient (Wildman–Crippen LogP) is 26.1. The maximum absolute atomic E-state index is 2.49. The van der Waals surface area contributed by atoms with Crippen LogP contribution in [0.2, 0.25) is 0 Å². The zero-order valence-electron chi connectivity index (χ0n) is 58.7. The van der Waals surface area contributed by atoms with Crippen molar-refractivity contribution < 1.29 is 0 Å². The summed E-state index contributed by atoms with van der Waals surface area (Å²) < 4.78 is 0. The van der Waals surface area contributed by atoms with Crippen LogP contribution in [-0.4, -0.2) is 0 Å². The van der Waals surface area contributed by atoms with Crippen LogP contribution < -0.4 is 9.80 Å². The lowest BCUT2D eigenvalue weighted by Gasteiger charge is -2.35. The first kappa shape index (κ1) is 63.5. The third-order valence-electron chi connectivity index (χ3n) is 22.3. The van der Waals surface area contributed by atoms with Crippen molar-refractivity contribution in [3.63, 3.8) is 0 Å². The molecule has 0 fully saturated rings. The summed E-state index contributed by atoms with van der Waals surface area (Å²) in [6, 6.07) is 125. The second-order valence-corrected chi connectivity index (χ2v) is 32.5. The van der Waals surface area contributed by atoms with Gasteiger partial charge in [-0.1, -0.05) is 271 Å². The molecule has 18 rings (SSSR count). The zero-order valence-corrected chi connectivity index (χ0v) is 60.3. The fourth-order valence-corrected chi connectivity index (χ4v) is 18.5. The van der Waals surface area contributed by atoms with Gasteiger partial charge in [0.2, 0.25) is 0 Å². The second-order valence-electron chi connectivity index (χ2n) is 30.3. The topological polar surface area (TPSA) is 6.48 Å². The molecule has 2 nitrogen and oxygen atoms in total. The molecule has 4 aliphatic rings. The van der Waals surface area contributed by atoms with E-state index in [0.29, 0.717) is 0 Å². The first-order valence-electron chi connectivity index (χ1n) is 36.2. The Morgan fingerprint density at radius 3 is 0.892 bits per heavy atom. The van der Waals surface area contributed by atoms with Crippen LogP contribution in [0.25, 0.3) is 33.4 Å². The Morgan fingerprint density at radius 2 is 0.549 bits per heavy atom. The number of hydrogen-bond donors (Lipinski definition) is 0. The van der Waals surface area contributed by atoms with Gasteiger partial charge in [-0.15, -0.1) is 0 Å². The van der Waals surface area contributed by atoms with Crippen LogP contribution >= 0.6 is 23.5 Å². The lowest BCUT2D eigenvalue weighted by Crippen LogP contribution is -2.29. The maximum Gasteiger partial charge on any atom is 0.0714 e. The molecule has 0 aromatic heterocycles. The summed E-state index contributed by atoms with van der Waals surface area (Å²) in [5.74, 6) is 0. The quantitative estimate of drug-likeness (QED) is 0.101. The van der Waals surface area contributed by atoms with E-state index in [1.54, 1.807) is 0 Å². The van der Waals surface area contributed by atoms with E-state index in [2.05, 4.69) is 379 Å². The molecule has 2 unspecified atom stereocenters. The SMILES string of the molecule is CC(C)(C)c1ccc(C2(c3ccc(Sc4ccc5c(c4)CC5)cc3)c3ccccc3-c3ccc(N(c4ccccc4)c4ccc(-c5ccc(N(c6ccccc6)c6ccc7c(c6)C(c6ccc(Sc8ccc9c(c8)CC9)cc6)(c6ccc(C(C)(C)C)cc6)c6ccccc6-7)cc5)cc4)cc32)cc1. The minimum Gasteiger partial charge on any atom is -0.310 e. The van der Waals surface area contributed by atoms with Crippen molar-refractivity contribution >= 4 is 57.6 Å². The van der Waals surface area contributed by atoms with Gasteiger partial charge >= 0.3 is 0 Å². The van der Waals surface area contributed by atoms with Gasteiger partial charge in [0.05, 0.1) is 10.8 Å². The van der Waals surface area contributed by atoms with E-state index in [1.165, 1.54) is 145 Å². The summed E-state index contributed by atoms with van der Waals surface area (Å²) in [5.41, 5.74) is 31.5. The van der Waals surface area contributed by atoms with Gasteiger partial charge < -0.3 is 9.80 Å². The fraction of sp³-hybridized carbons (Fsp3) is 0.143. The predicted molar refractivity (Wildman–Crippen MR) is 429 cm³/mol. The van der Waals surface area contributed by atoms with Crippen LogP contribution in [0.4, 0.5) is 34.1 Å². The first-order valence-corrected chi connectivity index (χ1v) is 37.8. The number of nitrogens with zero attached hydrogens (tertiary/aromatic N) is 2. The summed E-state index contributed by atoms with van der Waals surface area (Å²) in [4.78, 5) is 9.95. The van der Waals surface area contributed by atoms with Gasteiger partial charge in [0, 0.05) is 53.7 Å². The molecular weight excluding hydrogens is 1270 g/mol. The maximum atomic E-state index is 2.49. The monoisotopic (exact) mass is 1350 g/mol. The number of anilines is 6. The first-order chi connectivity index (χ1) is 49.7. The van der Waals surface area contributed by atoms with Crippen molar-refractivity contribution in [3.8, 4) is 33.4 Å². The lowest BCUT2D eigenvalue weighted by molar-refractivity contribution is 0.589. The largest absolute Gasteiger partial charge is 0.310 e. The number of aryl methyl sites for hydroxylation is 4. The van der Waals surface area contributed by atoms with Gasteiger partial charge in [-0.3, -0.25) is 0 Å². The molecule has 0 saturated carbocycles. The Labute approximate surface area is 610 Å². The molecule has 2 atom stereocenters. The molecule has 0 heterocycles. The average molecular weight is 1350 g/mol. The molecule has 102 heavy (non-hydrogen) atoms. The van der Waals surface area contributed by atoms with Crippen LogP contribution in [0.3, 0.4) is 0 Å². The van der Waals surface area contributed by atoms with Crippen LogP contribution in [-0.2, 0) is 47.3 Å². The van der Waals surface area contributed by atoms with E-state index in [0.717, 1.165) is 45.3 Å². The molecule has 0 bridgehead atoms. The Bertz CT molecular complexity index is 5150. The summed E-state index contributed by atoms with van der Waals surface area (Å²) in [5, 5.41) is 0. The molecule has 0 N–H and O–H groups in total. The minimum absolute atomic E-state index is 0.00639. The summed E-state index contributed by atoms with van der Waals surface area (Å²) >= 11 is 3.72. The fourth-order valence-electron chi connectivity index (χ4n) is 16.8. The van der Waals surface area contributed by atoms with Gasteiger partial charge in [0.1, 0.15) is 0 Å². The highest BCUT2D eigenvalue weighted by Crippen LogP contribution is 2.60. The lowest BCUT2D eigenvalue weighted by atomic mass is 9.67. The van der Waals surface area contributed by atoms with Crippen LogP contribution in [0.15, 0.2) is 347 Å². The smallest absolute Gasteiger partial charge is 0.0714 e. The second kappa shape index (κ2) is 25.2. The van der Waals surface area contributed by atoms with Crippen molar-refractivity contribution in [1.29, 1.82) is 0 Å². The molecule has 4 aliphatic carbocycles. The number of fused-ring (bicyclic) bond motifs is 8. The van der Waals surface area contributed by atoms with Gasteiger partial charge in [-0.25, -0.2) is 0 Å². The van der Waals surface area contributed by atoms with E-state index < -0.39 is 10.8 Å². The Hall–Kier alpha value is -10.6. The summed E-state index contributed by atoms with van der Waals surface area (Å²) in [6.07, 6.45) is 4.74. The van der Waals surface area contributed by atoms with Crippen molar-refractivity contribution in [2.24, 2.45) is 0 Å². The molecule has 494 valence electrons. The summed E-state index contributed by atoms with van der Waals surface area (Å²) in [6.45, 7) is 13.8. The normalized spacial score (nSPS) is 15.9. The van der Waals surface area contributed by atoms with Crippen molar-refractivity contribution in [3.05, 3.63) is 405 Å². The highest BCUT2D eigenvalue weighted by Gasteiger charge is 2.48. The third-order valence-corrected chi connectivity index (χ3v) is 24.3. The number of para-hydroxylation sites is 2. The Morgan fingerprint density at radius 1 is 0.245 bits per heavy atom. The molecular formula is C98H80N2S2. The number of benzene rings is 14. The molecule has 0 amide bonds. The molecule has 0 saturated heterocycles. The van der Waals surface area contributed by atoms with Gasteiger partial charge in [0.25, 0.3) is 0 Å². The van der Waals surface area contributed by atoms with E-state index in [9.17, 15) is 0 Å². The third kappa shape index (κ3) is 10.9. The van der Waals surface area contributed by atoms with E-state index >= 15 is 0 Å². The van der Waals surface area contributed by atoms with Crippen molar-refractivity contribution in [1.82, 2.24) is 0 Å². The van der Waals surface area contributed by atoms with Crippen LogP contribution in [0.5, 0.6) is 0 Å². The van der Waals surface area contributed by atoms with Gasteiger partial charge in [-0.05, 0) is 269 Å².